The Morgan fingerprint density at radius 3 is 2.77 bits per heavy atom. The molecule has 0 aliphatic heterocycles. The Labute approximate surface area is 92.3 Å². The number of rotatable bonds is 0. The van der Waals surface area contributed by atoms with Crippen LogP contribution in [-0.2, 0) is 12.8 Å². The van der Waals surface area contributed by atoms with Crippen molar-refractivity contribution in [1.82, 2.24) is 0 Å². The number of halogens is 1. The minimum atomic E-state index is 0.487. The van der Waals surface area contributed by atoms with Gasteiger partial charge in [0, 0.05) is 0 Å². The molecule has 1 aromatic carbocycles. The highest BCUT2D eigenvalue weighted by atomic mass is 127. The molecule has 0 saturated heterocycles. The topological polar surface area (TPSA) is 20.2 Å². The Morgan fingerprint density at radius 2 is 2.00 bits per heavy atom. The molecule has 0 fully saturated rings. The Kier molecular flexibility index (Phi) is 2.49. The monoisotopic (exact) mass is 288 g/mol. The molecule has 0 radical (unpaired) electrons. The summed E-state index contributed by atoms with van der Waals surface area (Å²) in [5.74, 6) is 0.487. The standard InChI is InChI=1S/C11H13IO/c1-7-6-8-4-2-3-5-9(8)10(12)11(7)13/h6,13H,2-5H2,1H3. The molecule has 0 saturated carbocycles. The molecule has 1 aromatic rings. The number of hydrogen-bond donors (Lipinski definition) is 1. The lowest BCUT2D eigenvalue weighted by molar-refractivity contribution is 0.464. The second kappa shape index (κ2) is 3.48. The van der Waals surface area contributed by atoms with E-state index in [1.165, 1.54) is 30.4 Å². The van der Waals surface area contributed by atoms with Gasteiger partial charge in [0.15, 0.2) is 0 Å². The van der Waals surface area contributed by atoms with Crippen molar-refractivity contribution in [1.29, 1.82) is 0 Å². The van der Waals surface area contributed by atoms with E-state index < -0.39 is 0 Å². The average molecular weight is 288 g/mol. The summed E-state index contributed by atoms with van der Waals surface area (Å²) >= 11 is 2.26. The Morgan fingerprint density at radius 1 is 1.31 bits per heavy atom. The van der Waals surface area contributed by atoms with Crippen LogP contribution in [0.25, 0.3) is 0 Å². The van der Waals surface area contributed by atoms with Crippen molar-refractivity contribution in [2.24, 2.45) is 0 Å². The van der Waals surface area contributed by atoms with E-state index in [4.69, 9.17) is 0 Å². The van der Waals surface area contributed by atoms with Crippen LogP contribution in [0.1, 0.15) is 29.5 Å². The van der Waals surface area contributed by atoms with Gasteiger partial charge >= 0.3 is 0 Å². The summed E-state index contributed by atoms with van der Waals surface area (Å²) in [5, 5.41) is 9.75. The van der Waals surface area contributed by atoms with E-state index in [9.17, 15) is 5.11 Å². The maximum atomic E-state index is 9.75. The van der Waals surface area contributed by atoms with Gasteiger partial charge in [-0.25, -0.2) is 0 Å². The molecule has 0 heterocycles. The van der Waals surface area contributed by atoms with Crippen LogP contribution in [0.2, 0.25) is 0 Å². The molecule has 2 rings (SSSR count). The molecule has 0 amide bonds. The van der Waals surface area contributed by atoms with Crippen molar-refractivity contribution in [3.05, 3.63) is 26.3 Å². The Balaban J connectivity index is 2.60. The van der Waals surface area contributed by atoms with Crippen LogP contribution in [0, 0.1) is 10.5 Å². The molecule has 1 aliphatic rings. The molecule has 0 bridgehead atoms. The predicted molar refractivity (Wildman–Crippen MR) is 62.2 cm³/mol. The zero-order valence-electron chi connectivity index (χ0n) is 7.73. The van der Waals surface area contributed by atoms with Crippen LogP contribution < -0.4 is 0 Å². The van der Waals surface area contributed by atoms with Gasteiger partial charge in [-0.1, -0.05) is 6.07 Å². The summed E-state index contributed by atoms with van der Waals surface area (Å²) in [6.45, 7) is 1.98. The first-order valence-electron chi connectivity index (χ1n) is 4.70. The molecule has 2 heteroatoms. The molecule has 0 unspecified atom stereocenters. The van der Waals surface area contributed by atoms with Gasteiger partial charge in [0.2, 0.25) is 0 Å². The first-order chi connectivity index (χ1) is 6.20. The lowest BCUT2D eigenvalue weighted by Crippen LogP contribution is -2.05. The normalized spacial score (nSPS) is 15.5. The molecule has 0 aromatic heterocycles. The highest BCUT2D eigenvalue weighted by Gasteiger charge is 2.16. The van der Waals surface area contributed by atoms with Crippen LogP contribution in [0.5, 0.6) is 5.75 Å². The molecular formula is C11H13IO. The highest BCUT2D eigenvalue weighted by Crippen LogP contribution is 2.34. The van der Waals surface area contributed by atoms with Crippen molar-refractivity contribution in [3.8, 4) is 5.75 Å². The Bertz CT molecular complexity index is 344. The van der Waals surface area contributed by atoms with E-state index in [0.29, 0.717) is 5.75 Å². The smallest absolute Gasteiger partial charge is 0.132 e. The van der Waals surface area contributed by atoms with E-state index in [0.717, 1.165) is 15.6 Å². The number of aromatic hydroxyl groups is 1. The highest BCUT2D eigenvalue weighted by molar-refractivity contribution is 14.1. The zero-order valence-corrected chi connectivity index (χ0v) is 9.89. The largest absolute Gasteiger partial charge is 0.507 e. The number of phenols is 1. The third kappa shape index (κ3) is 1.56. The first-order valence-corrected chi connectivity index (χ1v) is 5.78. The summed E-state index contributed by atoms with van der Waals surface area (Å²) in [6, 6.07) is 2.14. The summed E-state index contributed by atoms with van der Waals surface area (Å²) in [4.78, 5) is 0. The lowest BCUT2D eigenvalue weighted by Gasteiger charge is -2.19. The fourth-order valence-corrected chi connectivity index (χ4v) is 3.03. The quantitative estimate of drug-likeness (QED) is 0.727. The molecule has 0 atom stereocenters. The maximum absolute atomic E-state index is 9.75. The second-order valence-electron chi connectivity index (χ2n) is 3.70. The minimum Gasteiger partial charge on any atom is -0.507 e. The Hall–Kier alpha value is -0.250. The third-order valence-electron chi connectivity index (χ3n) is 2.75. The zero-order chi connectivity index (χ0) is 9.42. The van der Waals surface area contributed by atoms with E-state index in [1.54, 1.807) is 0 Å². The fourth-order valence-electron chi connectivity index (χ4n) is 1.98. The number of fused-ring (bicyclic) bond motifs is 1. The number of hydrogen-bond acceptors (Lipinski definition) is 1. The number of phenolic OH excluding ortho intramolecular Hbond substituents is 1. The van der Waals surface area contributed by atoms with Gasteiger partial charge < -0.3 is 5.11 Å². The first kappa shape index (κ1) is 9.31. The summed E-state index contributed by atoms with van der Waals surface area (Å²) in [6.07, 6.45) is 4.90. The van der Waals surface area contributed by atoms with Crippen LogP contribution in [-0.4, -0.2) is 5.11 Å². The molecular weight excluding hydrogens is 275 g/mol. The third-order valence-corrected chi connectivity index (χ3v) is 3.91. The average Bonchev–Trinajstić information content (AvgIpc) is 2.15. The van der Waals surface area contributed by atoms with Gasteiger partial charge in [-0.15, -0.1) is 0 Å². The van der Waals surface area contributed by atoms with Gasteiger partial charge in [0.05, 0.1) is 3.57 Å². The van der Waals surface area contributed by atoms with Crippen molar-refractivity contribution < 1.29 is 5.11 Å². The van der Waals surface area contributed by atoms with Gasteiger partial charge in [-0.2, -0.15) is 0 Å². The lowest BCUT2D eigenvalue weighted by atomic mass is 9.90. The number of aryl methyl sites for hydroxylation is 2. The van der Waals surface area contributed by atoms with Crippen LogP contribution in [0.3, 0.4) is 0 Å². The molecule has 70 valence electrons. The SMILES string of the molecule is Cc1cc2c(c(I)c1O)CCCC2. The molecule has 13 heavy (non-hydrogen) atoms. The van der Waals surface area contributed by atoms with Gasteiger partial charge in [0.25, 0.3) is 0 Å². The van der Waals surface area contributed by atoms with Gasteiger partial charge in [-0.3, -0.25) is 0 Å². The van der Waals surface area contributed by atoms with Crippen LogP contribution >= 0.6 is 22.6 Å². The van der Waals surface area contributed by atoms with Crippen LogP contribution in [0.4, 0.5) is 0 Å². The predicted octanol–water partition coefficient (Wildman–Crippen LogP) is 3.18. The van der Waals surface area contributed by atoms with Crippen molar-refractivity contribution in [2.45, 2.75) is 32.6 Å². The second-order valence-corrected chi connectivity index (χ2v) is 4.78. The maximum Gasteiger partial charge on any atom is 0.132 e. The molecule has 1 nitrogen and oxygen atoms in total. The molecule has 1 N–H and O–H groups in total. The van der Waals surface area contributed by atoms with E-state index in [1.807, 2.05) is 6.92 Å². The minimum absolute atomic E-state index is 0.487. The van der Waals surface area contributed by atoms with E-state index in [2.05, 4.69) is 28.7 Å². The van der Waals surface area contributed by atoms with Gasteiger partial charge in [0.1, 0.15) is 5.75 Å². The molecule has 0 spiro atoms. The fraction of sp³-hybridized carbons (Fsp3) is 0.455. The van der Waals surface area contributed by atoms with Crippen molar-refractivity contribution in [2.75, 3.05) is 0 Å². The number of benzene rings is 1. The van der Waals surface area contributed by atoms with Crippen molar-refractivity contribution >= 4 is 22.6 Å². The van der Waals surface area contributed by atoms with Crippen LogP contribution in [0.15, 0.2) is 6.07 Å². The summed E-state index contributed by atoms with van der Waals surface area (Å²) in [5.41, 5.74) is 3.85. The summed E-state index contributed by atoms with van der Waals surface area (Å²) < 4.78 is 1.08. The van der Waals surface area contributed by atoms with E-state index in [-0.39, 0.29) is 0 Å². The van der Waals surface area contributed by atoms with Gasteiger partial charge in [-0.05, 0) is 71.9 Å². The summed E-state index contributed by atoms with van der Waals surface area (Å²) in [7, 11) is 0. The van der Waals surface area contributed by atoms with Crippen molar-refractivity contribution in [3.63, 3.8) is 0 Å². The molecule has 1 aliphatic carbocycles. The van der Waals surface area contributed by atoms with E-state index >= 15 is 0 Å².